The Kier molecular flexibility index (Phi) is 4.78. The second-order valence-corrected chi connectivity index (χ2v) is 4.21. The first-order valence-electron chi connectivity index (χ1n) is 4.71. The van der Waals surface area contributed by atoms with E-state index in [0.717, 1.165) is 16.5 Å². The molecular weight excluding hydrogens is 258 g/mol. The Hall–Kier alpha value is -0.870. The zero-order valence-corrected chi connectivity index (χ0v) is 10.2. The SMILES string of the molecule is COC(=O)[C@H](N)CCc1ccc(Br)cc1. The molecule has 0 radical (unpaired) electrons. The van der Waals surface area contributed by atoms with Gasteiger partial charge < -0.3 is 10.5 Å². The van der Waals surface area contributed by atoms with Crippen molar-refractivity contribution in [3.8, 4) is 0 Å². The first-order chi connectivity index (χ1) is 7.13. The predicted molar refractivity (Wildman–Crippen MR) is 62.5 cm³/mol. The molecule has 0 aliphatic rings. The highest BCUT2D eigenvalue weighted by molar-refractivity contribution is 9.10. The zero-order chi connectivity index (χ0) is 11.3. The van der Waals surface area contributed by atoms with Gasteiger partial charge in [-0.3, -0.25) is 4.79 Å². The number of methoxy groups -OCH3 is 1. The van der Waals surface area contributed by atoms with Crippen LogP contribution in [0, 0.1) is 0 Å². The fraction of sp³-hybridized carbons (Fsp3) is 0.364. The average molecular weight is 272 g/mol. The zero-order valence-electron chi connectivity index (χ0n) is 8.57. The summed E-state index contributed by atoms with van der Waals surface area (Å²) in [5.74, 6) is -0.355. The molecule has 0 unspecified atom stereocenters. The fourth-order valence-corrected chi connectivity index (χ4v) is 1.51. The molecule has 0 aliphatic carbocycles. The lowest BCUT2D eigenvalue weighted by atomic mass is 10.1. The van der Waals surface area contributed by atoms with Crippen molar-refractivity contribution >= 4 is 21.9 Å². The molecule has 82 valence electrons. The summed E-state index contributed by atoms with van der Waals surface area (Å²) in [6.07, 6.45) is 1.39. The minimum Gasteiger partial charge on any atom is -0.468 e. The molecule has 0 amide bonds. The van der Waals surface area contributed by atoms with Gasteiger partial charge in [0.25, 0.3) is 0 Å². The summed E-state index contributed by atoms with van der Waals surface area (Å²) >= 11 is 3.36. The minimum atomic E-state index is -0.529. The van der Waals surface area contributed by atoms with Crippen molar-refractivity contribution in [1.82, 2.24) is 0 Å². The molecule has 1 aromatic carbocycles. The van der Waals surface area contributed by atoms with Crippen LogP contribution in [0.25, 0.3) is 0 Å². The summed E-state index contributed by atoms with van der Waals surface area (Å²) < 4.78 is 5.59. The van der Waals surface area contributed by atoms with Crippen LogP contribution in [0.3, 0.4) is 0 Å². The Bertz CT molecular complexity index is 324. The topological polar surface area (TPSA) is 52.3 Å². The molecule has 15 heavy (non-hydrogen) atoms. The van der Waals surface area contributed by atoms with E-state index in [1.807, 2.05) is 24.3 Å². The Balaban J connectivity index is 2.43. The molecule has 0 saturated carbocycles. The number of hydrogen-bond donors (Lipinski definition) is 1. The number of carbonyl (C=O) groups is 1. The fourth-order valence-electron chi connectivity index (χ4n) is 1.24. The minimum absolute atomic E-state index is 0.355. The number of aryl methyl sites for hydroxylation is 1. The molecule has 1 aromatic rings. The van der Waals surface area contributed by atoms with Crippen molar-refractivity contribution in [3.63, 3.8) is 0 Å². The number of esters is 1. The first kappa shape index (κ1) is 12.2. The van der Waals surface area contributed by atoms with Gasteiger partial charge in [0.2, 0.25) is 0 Å². The van der Waals surface area contributed by atoms with E-state index in [-0.39, 0.29) is 5.97 Å². The smallest absolute Gasteiger partial charge is 0.322 e. The maximum Gasteiger partial charge on any atom is 0.322 e. The van der Waals surface area contributed by atoms with Crippen LogP contribution in [0.15, 0.2) is 28.7 Å². The van der Waals surface area contributed by atoms with Crippen molar-refractivity contribution in [2.45, 2.75) is 18.9 Å². The number of nitrogens with two attached hydrogens (primary N) is 1. The molecule has 0 spiro atoms. The monoisotopic (exact) mass is 271 g/mol. The lowest BCUT2D eigenvalue weighted by molar-refractivity contribution is -0.142. The van der Waals surface area contributed by atoms with Gasteiger partial charge in [-0.05, 0) is 30.5 Å². The van der Waals surface area contributed by atoms with E-state index in [1.54, 1.807) is 0 Å². The molecule has 0 aliphatic heterocycles. The molecule has 2 N–H and O–H groups in total. The average Bonchev–Trinajstić information content (AvgIpc) is 2.26. The number of hydrogen-bond acceptors (Lipinski definition) is 3. The number of halogens is 1. The first-order valence-corrected chi connectivity index (χ1v) is 5.50. The normalized spacial score (nSPS) is 12.2. The van der Waals surface area contributed by atoms with E-state index in [1.165, 1.54) is 7.11 Å². The number of carbonyl (C=O) groups excluding carboxylic acids is 1. The third kappa shape index (κ3) is 4.01. The van der Waals surface area contributed by atoms with Crippen molar-refractivity contribution in [2.75, 3.05) is 7.11 Å². The van der Waals surface area contributed by atoms with Gasteiger partial charge in [0.1, 0.15) is 6.04 Å². The Morgan fingerprint density at radius 2 is 2.07 bits per heavy atom. The van der Waals surface area contributed by atoms with Crippen molar-refractivity contribution < 1.29 is 9.53 Å². The summed E-state index contributed by atoms with van der Waals surface area (Å²) in [7, 11) is 1.35. The Morgan fingerprint density at radius 1 is 1.47 bits per heavy atom. The van der Waals surface area contributed by atoms with Crippen molar-refractivity contribution in [3.05, 3.63) is 34.3 Å². The second kappa shape index (κ2) is 5.88. The van der Waals surface area contributed by atoms with Crippen LogP contribution >= 0.6 is 15.9 Å². The van der Waals surface area contributed by atoms with Gasteiger partial charge in [-0.1, -0.05) is 28.1 Å². The van der Waals surface area contributed by atoms with E-state index in [9.17, 15) is 4.79 Å². The van der Waals surface area contributed by atoms with Gasteiger partial charge >= 0.3 is 5.97 Å². The molecule has 0 saturated heterocycles. The number of benzene rings is 1. The van der Waals surface area contributed by atoms with Crippen LogP contribution in [0.4, 0.5) is 0 Å². The largest absolute Gasteiger partial charge is 0.468 e. The summed E-state index contributed by atoms with van der Waals surface area (Å²) in [5, 5.41) is 0. The van der Waals surface area contributed by atoms with Crippen LogP contribution < -0.4 is 5.73 Å². The summed E-state index contributed by atoms with van der Waals surface area (Å²) in [5.41, 5.74) is 6.79. The van der Waals surface area contributed by atoms with Crippen LogP contribution in [0.2, 0.25) is 0 Å². The molecule has 4 heteroatoms. The van der Waals surface area contributed by atoms with Crippen LogP contribution in [0.1, 0.15) is 12.0 Å². The molecule has 0 fully saturated rings. The highest BCUT2D eigenvalue weighted by Gasteiger charge is 2.12. The Labute approximate surface area is 97.7 Å². The third-order valence-electron chi connectivity index (χ3n) is 2.16. The summed E-state index contributed by atoms with van der Waals surface area (Å²) in [6, 6.07) is 7.43. The highest BCUT2D eigenvalue weighted by Crippen LogP contribution is 2.12. The lowest BCUT2D eigenvalue weighted by Crippen LogP contribution is -2.31. The third-order valence-corrected chi connectivity index (χ3v) is 2.69. The highest BCUT2D eigenvalue weighted by atomic mass is 79.9. The van der Waals surface area contributed by atoms with Crippen molar-refractivity contribution in [2.24, 2.45) is 5.73 Å². The Morgan fingerprint density at radius 3 is 2.60 bits per heavy atom. The maximum atomic E-state index is 11.0. The second-order valence-electron chi connectivity index (χ2n) is 3.29. The summed E-state index contributed by atoms with van der Waals surface area (Å²) in [6.45, 7) is 0. The quantitative estimate of drug-likeness (QED) is 0.851. The van der Waals surface area contributed by atoms with Crippen LogP contribution in [0.5, 0.6) is 0 Å². The van der Waals surface area contributed by atoms with Gasteiger partial charge in [-0.25, -0.2) is 0 Å². The summed E-state index contributed by atoms with van der Waals surface area (Å²) in [4.78, 5) is 11.0. The molecule has 0 aromatic heterocycles. The van der Waals surface area contributed by atoms with E-state index in [2.05, 4.69) is 20.7 Å². The predicted octanol–water partition coefficient (Wildman–Crippen LogP) is 1.88. The van der Waals surface area contributed by atoms with E-state index >= 15 is 0 Å². The van der Waals surface area contributed by atoms with Crippen LogP contribution in [-0.2, 0) is 16.0 Å². The lowest BCUT2D eigenvalue weighted by Gasteiger charge is -2.08. The molecular formula is C11H14BrNO2. The van der Waals surface area contributed by atoms with E-state index in [4.69, 9.17) is 5.73 Å². The van der Waals surface area contributed by atoms with Gasteiger partial charge in [0, 0.05) is 4.47 Å². The molecule has 1 rings (SSSR count). The molecule has 0 heterocycles. The molecule has 0 bridgehead atoms. The van der Waals surface area contributed by atoms with Crippen LogP contribution in [-0.4, -0.2) is 19.1 Å². The number of rotatable bonds is 4. The standard InChI is InChI=1S/C11H14BrNO2/c1-15-11(14)10(13)7-4-8-2-5-9(12)6-3-8/h2-3,5-6,10H,4,7,13H2,1H3/t10-/m1/s1. The van der Waals surface area contributed by atoms with Crippen molar-refractivity contribution in [1.29, 1.82) is 0 Å². The van der Waals surface area contributed by atoms with E-state index < -0.39 is 6.04 Å². The van der Waals surface area contributed by atoms with Gasteiger partial charge in [-0.2, -0.15) is 0 Å². The maximum absolute atomic E-state index is 11.0. The van der Waals surface area contributed by atoms with Gasteiger partial charge in [-0.15, -0.1) is 0 Å². The van der Waals surface area contributed by atoms with E-state index in [0.29, 0.717) is 6.42 Å². The number of ether oxygens (including phenoxy) is 1. The van der Waals surface area contributed by atoms with Gasteiger partial charge in [0.05, 0.1) is 7.11 Å². The molecule has 3 nitrogen and oxygen atoms in total. The molecule has 1 atom stereocenters. The van der Waals surface area contributed by atoms with Gasteiger partial charge in [0.15, 0.2) is 0 Å².